The first-order valence-corrected chi connectivity index (χ1v) is 13.2. The summed E-state index contributed by atoms with van der Waals surface area (Å²) in [4.78, 5) is 27.4. The Hall–Kier alpha value is -3.25. The molecule has 2 heterocycles. The van der Waals surface area contributed by atoms with Crippen molar-refractivity contribution in [2.75, 3.05) is 32.0 Å². The third-order valence-electron chi connectivity index (χ3n) is 7.06. The van der Waals surface area contributed by atoms with Gasteiger partial charge in [0.1, 0.15) is 6.04 Å². The van der Waals surface area contributed by atoms with E-state index < -0.39 is 30.3 Å². The number of benzene rings is 2. The lowest BCUT2D eigenvalue weighted by Crippen LogP contribution is -2.48. The van der Waals surface area contributed by atoms with Gasteiger partial charge >= 0.3 is 12.1 Å². The first-order chi connectivity index (χ1) is 19.1. The number of aliphatic hydroxyl groups excluding tert-OH is 1. The fourth-order valence-corrected chi connectivity index (χ4v) is 5.11. The second-order valence-corrected chi connectivity index (χ2v) is 10.1. The van der Waals surface area contributed by atoms with Crippen molar-refractivity contribution in [3.8, 4) is 0 Å². The largest absolute Gasteiger partial charge is 0.471 e. The smallest absolute Gasteiger partial charge is 0.392 e. The van der Waals surface area contributed by atoms with Crippen LogP contribution in [0.3, 0.4) is 0 Å². The summed E-state index contributed by atoms with van der Waals surface area (Å²) >= 11 is 0. The highest BCUT2D eigenvalue weighted by Crippen LogP contribution is 2.38. The number of hydrogen-bond donors (Lipinski definition) is 2. The highest BCUT2D eigenvalue weighted by atomic mass is 19.4. The molecule has 2 aliphatic rings. The van der Waals surface area contributed by atoms with Gasteiger partial charge in [0.25, 0.3) is 0 Å². The van der Waals surface area contributed by atoms with E-state index >= 15 is 0 Å². The molecule has 0 aromatic heterocycles. The predicted molar refractivity (Wildman–Crippen MR) is 142 cm³/mol. The zero-order valence-electron chi connectivity index (χ0n) is 22.3. The van der Waals surface area contributed by atoms with Crippen LogP contribution in [-0.4, -0.2) is 71.7 Å². The molecule has 0 spiro atoms. The molecule has 40 heavy (non-hydrogen) atoms. The summed E-state index contributed by atoms with van der Waals surface area (Å²) in [6.07, 6.45) is -3.43. The van der Waals surface area contributed by atoms with Crippen molar-refractivity contribution in [2.24, 2.45) is 0 Å². The van der Waals surface area contributed by atoms with Crippen molar-refractivity contribution >= 4 is 17.5 Å². The average molecular weight is 562 g/mol. The molecular weight excluding hydrogens is 527 g/mol. The molecule has 4 rings (SSSR count). The third-order valence-corrected chi connectivity index (χ3v) is 7.06. The molecule has 0 aliphatic carbocycles. The van der Waals surface area contributed by atoms with Crippen LogP contribution >= 0.6 is 0 Å². The van der Waals surface area contributed by atoms with Crippen LogP contribution in [0.5, 0.6) is 0 Å². The fraction of sp³-hybridized carbons (Fsp3) is 0.448. The van der Waals surface area contributed by atoms with Gasteiger partial charge in [-0.15, -0.1) is 6.58 Å². The van der Waals surface area contributed by atoms with Crippen molar-refractivity contribution in [3.63, 3.8) is 0 Å². The van der Waals surface area contributed by atoms with Gasteiger partial charge in [0.15, 0.2) is 6.29 Å². The molecule has 2 N–H and O–H groups in total. The minimum Gasteiger partial charge on any atom is -0.392 e. The molecule has 0 saturated carbocycles. The minimum atomic E-state index is -5.04. The van der Waals surface area contributed by atoms with Crippen LogP contribution in [-0.2, 0) is 25.7 Å². The Morgan fingerprint density at radius 2 is 1.93 bits per heavy atom. The average Bonchev–Trinajstić information content (AvgIpc) is 3.42. The van der Waals surface area contributed by atoms with E-state index in [1.807, 2.05) is 37.4 Å². The SMILES string of the molecule is C=CCN(C)C[C@@H]1C[C@H](c2ccc(CO)cc2)O[C@H](c2cccc(NC(=O)[C@@H]3CCCN3C(=O)C(F)(F)F)c2)O1. The second kappa shape index (κ2) is 12.9. The molecule has 2 aromatic rings. The number of carbonyl (C=O) groups is 2. The normalized spacial score (nSPS) is 23.3. The minimum absolute atomic E-state index is 0.0615. The summed E-state index contributed by atoms with van der Waals surface area (Å²) in [5, 5.41) is 12.1. The first kappa shape index (κ1) is 29.7. The van der Waals surface area contributed by atoms with E-state index in [9.17, 15) is 27.9 Å². The monoisotopic (exact) mass is 561 g/mol. The van der Waals surface area contributed by atoms with Crippen molar-refractivity contribution in [2.45, 2.75) is 56.6 Å². The molecule has 2 amide bonds. The Balaban J connectivity index is 1.51. The number of alkyl halides is 3. The van der Waals surface area contributed by atoms with Crippen LogP contribution in [0.15, 0.2) is 61.2 Å². The number of hydrogen-bond acceptors (Lipinski definition) is 6. The van der Waals surface area contributed by atoms with Crippen molar-refractivity contribution in [1.82, 2.24) is 9.80 Å². The number of rotatable bonds is 9. The lowest BCUT2D eigenvalue weighted by Gasteiger charge is -2.37. The molecule has 216 valence electrons. The molecule has 0 unspecified atom stereocenters. The molecule has 4 atom stereocenters. The highest BCUT2D eigenvalue weighted by molar-refractivity contribution is 5.98. The number of aliphatic hydroxyl groups is 1. The topological polar surface area (TPSA) is 91.3 Å². The summed E-state index contributed by atoms with van der Waals surface area (Å²) in [6, 6.07) is 13.1. The Morgan fingerprint density at radius 3 is 2.60 bits per heavy atom. The van der Waals surface area contributed by atoms with E-state index in [4.69, 9.17) is 9.47 Å². The van der Waals surface area contributed by atoms with E-state index in [0.29, 0.717) is 42.1 Å². The number of amides is 2. The van der Waals surface area contributed by atoms with Crippen LogP contribution in [0.4, 0.5) is 18.9 Å². The van der Waals surface area contributed by atoms with Crippen LogP contribution < -0.4 is 5.32 Å². The summed E-state index contributed by atoms with van der Waals surface area (Å²) in [6.45, 7) is 4.90. The maximum absolute atomic E-state index is 13.0. The number of carbonyl (C=O) groups excluding carboxylic acids is 2. The Bertz CT molecular complexity index is 1190. The summed E-state index contributed by atoms with van der Waals surface area (Å²) in [5.74, 6) is -2.68. The summed E-state index contributed by atoms with van der Waals surface area (Å²) in [5.41, 5.74) is 2.70. The number of nitrogens with one attached hydrogen (secondary N) is 1. The zero-order chi connectivity index (χ0) is 28.9. The molecule has 11 heteroatoms. The summed E-state index contributed by atoms with van der Waals surface area (Å²) in [7, 11) is 1.96. The van der Waals surface area contributed by atoms with Gasteiger partial charge in [-0.25, -0.2) is 0 Å². The van der Waals surface area contributed by atoms with Gasteiger partial charge in [-0.3, -0.25) is 9.59 Å². The Labute approximate surface area is 231 Å². The van der Waals surface area contributed by atoms with Crippen LogP contribution in [0.2, 0.25) is 0 Å². The number of anilines is 1. The van der Waals surface area contributed by atoms with Gasteiger partial charge in [-0.05, 0) is 43.1 Å². The van der Waals surface area contributed by atoms with E-state index in [-0.39, 0.29) is 31.8 Å². The van der Waals surface area contributed by atoms with E-state index in [1.54, 1.807) is 24.3 Å². The van der Waals surface area contributed by atoms with Gasteiger partial charge in [0.2, 0.25) is 5.91 Å². The fourth-order valence-electron chi connectivity index (χ4n) is 5.11. The molecule has 0 bridgehead atoms. The maximum Gasteiger partial charge on any atom is 0.471 e. The molecule has 2 aliphatic heterocycles. The Morgan fingerprint density at radius 1 is 1.18 bits per heavy atom. The van der Waals surface area contributed by atoms with E-state index in [2.05, 4.69) is 16.8 Å². The third kappa shape index (κ3) is 7.28. The van der Waals surface area contributed by atoms with Crippen LogP contribution in [0, 0.1) is 0 Å². The van der Waals surface area contributed by atoms with Gasteiger partial charge in [0.05, 0.1) is 18.8 Å². The van der Waals surface area contributed by atoms with E-state index in [1.165, 1.54) is 0 Å². The molecule has 2 aromatic carbocycles. The standard InChI is InChI=1S/C29H34F3N3O5/c1-3-13-34(2)17-23-16-25(20-11-9-19(18-36)10-12-20)40-27(39-23)21-6-4-7-22(15-21)33-26(37)24-8-5-14-35(24)28(38)29(30,31)32/h3-4,6-7,9-12,15,23-25,27,36H,1,5,8,13-14,16-18H2,2H3,(H,33,37)/t23-,24-,25+,27+/m0/s1. The number of halogens is 3. The van der Waals surface area contributed by atoms with Gasteiger partial charge in [0, 0.05) is 37.3 Å². The molecule has 0 radical (unpaired) electrons. The number of nitrogens with zero attached hydrogens (tertiary/aromatic N) is 2. The molecule has 8 nitrogen and oxygen atoms in total. The predicted octanol–water partition coefficient (Wildman–Crippen LogP) is 4.33. The quantitative estimate of drug-likeness (QED) is 0.443. The number of likely N-dealkylation sites (tertiary alicyclic amines) is 1. The lowest BCUT2D eigenvalue weighted by molar-refractivity contribution is -0.252. The van der Waals surface area contributed by atoms with Gasteiger partial charge in [-0.2, -0.15) is 13.2 Å². The first-order valence-electron chi connectivity index (χ1n) is 13.2. The van der Waals surface area contributed by atoms with Crippen molar-refractivity contribution in [1.29, 1.82) is 0 Å². The second-order valence-electron chi connectivity index (χ2n) is 10.1. The van der Waals surface area contributed by atoms with E-state index in [0.717, 1.165) is 11.1 Å². The lowest BCUT2D eigenvalue weighted by atomic mass is 9.99. The van der Waals surface area contributed by atoms with Crippen molar-refractivity contribution in [3.05, 3.63) is 77.9 Å². The summed E-state index contributed by atoms with van der Waals surface area (Å²) < 4.78 is 51.6. The van der Waals surface area contributed by atoms with Gasteiger partial charge in [-0.1, -0.05) is 42.5 Å². The number of ether oxygens (including phenoxy) is 2. The zero-order valence-corrected chi connectivity index (χ0v) is 22.3. The van der Waals surface area contributed by atoms with Crippen LogP contribution in [0.25, 0.3) is 0 Å². The van der Waals surface area contributed by atoms with Gasteiger partial charge < -0.3 is 29.7 Å². The highest BCUT2D eigenvalue weighted by Gasteiger charge is 2.47. The molecule has 2 fully saturated rings. The maximum atomic E-state index is 13.0. The molecule has 2 saturated heterocycles. The Kier molecular flexibility index (Phi) is 9.62. The van der Waals surface area contributed by atoms with Crippen LogP contribution in [0.1, 0.15) is 48.3 Å². The number of likely N-dealkylation sites (N-methyl/N-ethyl adjacent to an activating group) is 1. The molecular formula is C29H34F3N3O5. The van der Waals surface area contributed by atoms with Crippen molar-refractivity contribution < 1.29 is 37.3 Å².